The standard InChI is InChI=1S/C14H16N4O3S2/c1-23(20,21)18-8-4-6-12(18)13(19)17-14-16-11(9-22-14)10-5-2-3-7-15-10/h2-3,5,7,9,12H,4,6,8H2,1H3,(H,16,17,19)/t12-/m1/s1. The van der Waals surface area contributed by atoms with Crippen molar-refractivity contribution in [3.8, 4) is 11.4 Å². The smallest absolute Gasteiger partial charge is 0.244 e. The first-order valence-corrected chi connectivity index (χ1v) is 9.82. The van der Waals surface area contributed by atoms with Gasteiger partial charge in [0.2, 0.25) is 15.9 Å². The van der Waals surface area contributed by atoms with Crippen LogP contribution in [0.4, 0.5) is 5.13 Å². The van der Waals surface area contributed by atoms with Crippen molar-refractivity contribution in [3.63, 3.8) is 0 Å². The van der Waals surface area contributed by atoms with Gasteiger partial charge in [0.25, 0.3) is 0 Å². The summed E-state index contributed by atoms with van der Waals surface area (Å²) in [5.41, 5.74) is 1.40. The van der Waals surface area contributed by atoms with Crippen LogP contribution in [0.15, 0.2) is 29.8 Å². The molecule has 3 rings (SSSR count). The molecule has 9 heteroatoms. The number of nitrogens with one attached hydrogen (secondary N) is 1. The minimum atomic E-state index is -3.38. The van der Waals surface area contributed by atoms with E-state index in [-0.39, 0.29) is 5.91 Å². The predicted octanol–water partition coefficient (Wildman–Crippen LogP) is 1.57. The summed E-state index contributed by atoms with van der Waals surface area (Å²) in [6, 6.07) is 4.86. The van der Waals surface area contributed by atoms with E-state index in [9.17, 15) is 13.2 Å². The van der Waals surface area contributed by atoms with Crippen LogP contribution in [0.5, 0.6) is 0 Å². The summed E-state index contributed by atoms with van der Waals surface area (Å²) in [7, 11) is -3.38. The molecule has 0 radical (unpaired) electrons. The number of hydrogen-bond donors (Lipinski definition) is 1. The Kier molecular flexibility index (Phi) is 4.42. The first-order valence-electron chi connectivity index (χ1n) is 7.10. The fourth-order valence-corrected chi connectivity index (χ4v) is 4.38. The zero-order valence-corrected chi connectivity index (χ0v) is 14.1. The molecule has 1 amide bonds. The van der Waals surface area contributed by atoms with Crippen molar-refractivity contribution in [2.75, 3.05) is 18.1 Å². The molecule has 0 aromatic carbocycles. The molecule has 0 spiro atoms. The lowest BCUT2D eigenvalue weighted by atomic mass is 10.2. The largest absolute Gasteiger partial charge is 0.301 e. The van der Waals surface area contributed by atoms with Crippen molar-refractivity contribution in [1.82, 2.24) is 14.3 Å². The lowest BCUT2D eigenvalue weighted by Crippen LogP contribution is -2.42. The molecule has 2 aromatic heterocycles. The Morgan fingerprint density at radius 3 is 2.91 bits per heavy atom. The summed E-state index contributed by atoms with van der Waals surface area (Å²) in [4.78, 5) is 20.9. The third-order valence-corrected chi connectivity index (χ3v) is 5.64. The molecule has 0 saturated carbocycles. The lowest BCUT2D eigenvalue weighted by molar-refractivity contribution is -0.119. The fourth-order valence-electron chi connectivity index (χ4n) is 2.55. The highest BCUT2D eigenvalue weighted by Crippen LogP contribution is 2.25. The SMILES string of the molecule is CS(=O)(=O)N1CCC[C@@H]1C(=O)Nc1nc(-c2ccccn2)cs1. The molecule has 0 unspecified atom stereocenters. The molecule has 1 aliphatic heterocycles. The van der Waals surface area contributed by atoms with Gasteiger partial charge in [-0.2, -0.15) is 4.31 Å². The highest BCUT2D eigenvalue weighted by Gasteiger charge is 2.36. The number of rotatable bonds is 4. The molecule has 23 heavy (non-hydrogen) atoms. The van der Waals surface area contributed by atoms with E-state index >= 15 is 0 Å². The van der Waals surface area contributed by atoms with Crippen LogP contribution in [0.25, 0.3) is 11.4 Å². The molecule has 0 bridgehead atoms. The van der Waals surface area contributed by atoms with Gasteiger partial charge in [-0.05, 0) is 25.0 Å². The van der Waals surface area contributed by atoms with E-state index in [1.54, 1.807) is 11.6 Å². The minimum Gasteiger partial charge on any atom is -0.301 e. The van der Waals surface area contributed by atoms with E-state index in [0.717, 1.165) is 11.9 Å². The minimum absolute atomic E-state index is 0.338. The van der Waals surface area contributed by atoms with Gasteiger partial charge in [-0.25, -0.2) is 13.4 Å². The highest BCUT2D eigenvalue weighted by molar-refractivity contribution is 7.88. The molecule has 1 atom stereocenters. The molecular formula is C14H16N4O3S2. The van der Waals surface area contributed by atoms with Crippen molar-refractivity contribution < 1.29 is 13.2 Å². The van der Waals surface area contributed by atoms with Crippen LogP contribution in [-0.2, 0) is 14.8 Å². The van der Waals surface area contributed by atoms with E-state index in [4.69, 9.17) is 0 Å². The Labute approximate surface area is 138 Å². The summed E-state index contributed by atoms with van der Waals surface area (Å²) >= 11 is 1.29. The normalized spacial score (nSPS) is 18.9. The molecule has 1 aliphatic rings. The van der Waals surface area contributed by atoms with Crippen LogP contribution in [0.3, 0.4) is 0 Å². The summed E-state index contributed by atoms with van der Waals surface area (Å²) in [6.45, 7) is 0.383. The average molecular weight is 352 g/mol. The Morgan fingerprint density at radius 1 is 1.39 bits per heavy atom. The molecule has 122 valence electrons. The Morgan fingerprint density at radius 2 is 2.22 bits per heavy atom. The molecule has 1 N–H and O–H groups in total. The van der Waals surface area contributed by atoms with Crippen LogP contribution < -0.4 is 5.32 Å². The van der Waals surface area contributed by atoms with Crippen LogP contribution in [0, 0.1) is 0 Å². The zero-order chi connectivity index (χ0) is 16.4. The van der Waals surface area contributed by atoms with Gasteiger partial charge in [-0.3, -0.25) is 9.78 Å². The maximum Gasteiger partial charge on any atom is 0.244 e. The molecule has 2 aromatic rings. The van der Waals surface area contributed by atoms with Crippen LogP contribution in [-0.4, -0.2) is 47.4 Å². The molecule has 7 nitrogen and oxygen atoms in total. The summed E-state index contributed by atoms with van der Waals surface area (Å²) in [5.74, 6) is -0.338. The van der Waals surface area contributed by atoms with E-state index < -0.39 is 16.1 Å². The van der Waals surface area contributed by atoms with E-state index in [2.05, 4.69) is 15.3 Å². The number of thiazole rings is 1. The molecular weight excluding hydrogens is 336 g/mol. The summed E-state index contributed by atoms with van der Waals surface area (Å²) < 4.78 is 24.7. The summed E-state index contributed by atoms with van der Waals surface area (Å²) in [6.07, 6.45) is 4.01. The van der Waals surface area contributed by atoms with Gasteiger partial charge < -0.3 is 5.32 Å². The maximum atomic E-state index is 12.4. The third kappa shape index (κ3) is 3.57. The van der Waals surface area contributed by atoms with Crippen LogP contribution in [0.2, 0.25) is 0 Å². The van der Waals surface area contributed by atoms with Gasteiger partial charge in [0.1, 0.15) is 11.7 Å². The Bertz CT molecular complexity index is 804. The molecule has 3 heterocycles. The second kappa shape index (κ2) is 6.34. The number of sulfonamides is 1. The number of carbonyl (C=O) groups excluding carboxylic acids is 1. The van der Waals surface area contributed by atoms with Crippen molar-refractivity contribution >= 4 is 32.4 Å². The number of nitrogens with zero attached hydrogens (tertiary/aromatic N) is 3. The first kappa shape index (κ1) is 16.0. The second-order valence-corrected chi connectivity index (χ2v) is 8.07. The van der Waals surface area contributed by atoms with Gasteiger partial charge in [0, 0.05) is 18.1 Å². The van der Waals surface area contributed by atoms with Crippen molar-refractivity contribution in [1.29, 1.82) is 0 Å². The number of carbonyl (C=O) groups is 1. The van der Waals surface area contributed by atoms with Gasteiger partial charge >= 0.3 is 0 Å². The van der Waals surface area contributed by atoms with Crippen LogP contribution in [0.1, 0.15) is 12.8 Å². The molecule has 1 fully saturated rings. The van der Waals surface area contributed by atoms with Crippen molar-refractivity contribution in [2.45, 2.75) is 18.9 Å². The highest BCUT2D eigenvalue weighted by atomic mass is 32.2. The molecule has 1 saturated heterocycles. The zero-order valence-electron chi connectivity index (χ0n) is 12.5. The average Bonchev–Trinajstić information content (AvgIpc) is 3.16. The number of hydrogen-bond acceptors (Lipinski definition) is 6. The number of aromatic nitrogens is 2. The quantitative estimate of drug-likeness (QED) is 0.902. The Balaban J connectivity index is 1.73. The van der Waals surface area contributed by atoms with Crippen LogP contribution >= 0.6 is 11.3 Å². The van der Waals surface area contributed by atoms with E-state index in [1.807, 2.05) is 18.2 Å². The number of amides is 1. The van der Waals surface area contributed by atoms with Gasteiger partial charge in [-0.1, -0.05) is 6.07 Å². The van der Waals surface area contributed by atoms with E-state index in [0.29, 0.717) is 30.2 Å². The van der Waals surface area contributed by atoms with Crippen molar-refractivity contribution in [2.24, 2.45) is 0 Å². The second-order valence-electron chi connectivity index (χ2n) is 5.27. The summed E-state index contributed by atoms with van der Waals surface area (Å²) in [5, 5.41) is 4.96. The van der Waals surface area contributed by atoms with Gasteiger partial charge in [-0.15, -0.1) is 11.3 Å². The monoisotopic (exact) mass is 352 g/mol. The predicted molar refractivity (Wildman–Crippen MR) is 88.5 cm³/mol. The van der Waals surface area contributed by atoms with Crippen molar-refractivity contribution in [3.05, 3.63) is 29.8 Å². The lowest BCUT2D eigenvalue weighted by Gasteiger charge is -2.20. The number of anilines is 1. The topological polar surface area (TPSA) is 92.3 Å². The Hall–Kier alpha value is -1.84. The fraction of sp³-hybridized carbons (Fsp3) is 0.357. The number of pyridine rings is 1. The maximum absolute atomic E-state index is 12.4. The third-order valence-electron chi connectivity index (χ3n) is 3.59. The van der Waals surface area contributed by atoms with Gasteiger partial charge in [0.15, 0.2) is 5.13 Å². The van der Waals surface area contributed by atoms with Gasteiger partial charge in [0.05, 0.1) is 11.9 Å². The van der Waals surface area contributed by atoms with E-state index in [1.165, 1.54) is 15.6 Å². The first-order chi connectivity index (χ1) is 10.9. The molecule has 0 aliphatic carbocycles.